The van der Waals surface area contributed by atoms with E-state index in [0.29, 0.717) is 32.6 Å². The van der Waals surface area contributed by atoms with Gasteiger partial charge in [-0.3, -0.25) is 9.59 Å². The number of carbonyl (C=O) groups is 2. The molecule has 0 aromatic heterocycles. The second kappa shape index (κ2) is 6.89. The SMILES string of the molecule is CCC(=O)N1CCN(C(=O)c2cc(Br)ccc2I)CC1. The molecule has 1 aliphatic rings. The zero-order valence-electron chi connectivity index (χ0n) is 11.2. The van der Waals surface area contributed by atoms with Crippen molar-refractivity contribution in [1.29, 1.82) is 0 Å². The zero-order chi connectivity index (χ0) is 14.7. The van der Waals surface area contributed by atoms with Gasteiger partial charge in [0.15, 0.2) is 0 Å². The van der Waals surface area contributed by atoms with E-state index in [0.717, 1.165) is 13.6 Å². The van der Waals surface area contributed by atoms with Crippen LogP contribution in [0.4, 0.5) is 0 Å². The second-order valence-corrected chi connectivity index (χ2v) is 6.73. The molecule has 0 radical (unpaired) electrons. The largest absolute Gasteiger partial charge is 0.339 e. The monoisotopic (exact) mass is 450 g/mol. The molecule has 1 aromatic rings. The van der Waals surface area contributed by atoms with Gasteiger partial charge in [0.1, 0.15) is 0 Å². The smallest absolute Gasteiger partial charge is 0.255 e. The molecule has 1 aromatic carbocycles. The number of hydrogen-bond acceptors (Lipinski definition) is 2. The van der Waals surface area contributed by atoms with Crippen molar-refractivity contribution in [3.05, 3.63) is 31.8 Å². The number of benzene rings is 1. The van der Waals surface area contributed by atoms with Gasteiger partial charge in [-0.2, -0.15) is 0 Å². The van der Waals surface area contributed by atoms with Crippen LogP contribution < -0.4 is 0 Å². The lowest BCUT2D eigenvalue weighted by Crippen LogP contribution is -2.50. The van der Waals surface area contributed by atoms with Gasteiger partial charge in [-0.1, -0.05) is 22.9 Å². The maximum atomic E-state index is 12.5. The maximum absolute atomic E-state index is 12.5. The highest BCUT2D eigenvalue weighted by atomic mass is 127. The minimum absolute atomic E-state index is 0.0410. The predicted octanol–water partition coefficient (Wildman–Crippen LogP) is 2.75. The van der Waals surface area contributed by atoms with Gasteiger partial charge in [-0.25, -0.2) is 0 Å². The summed E-state index contributed by atoms with van der Waals surface area (Å²) in [6.07, 6.45) is 0.525. The second-order valence-electron chi connectivity index (χ2n) is 4.65. The number of hydrogen-bond donors (Lipinski definition) is 0. The third-order valence-corrected chi connectivity index (χ3v) is 4.81. The Morgan fingerprint density at radius 1 is 1.20 bits per heavy atom. The number of piperazine rings is 1. The van der Waals surface area contributed by atoms with E-state index >= 15 is 0 Å². The molecule has 4 nitrogen and oxygen atoms in total. The summed E-state index contributed by atoms with van der Waals surface area (Å²) in [5.41, 5.74) is 0.718. The van der Waals surface area contributed by atoms with E-state index < -0.39 is 0 Å². The van der Waals surface area contributed by atoms with E-state index in [9.17, 15) is 9.59 Å². The van der Waals surface area contributed by atoms with Gasteiger partial charge in [0.05, 0.1) is 5.56 Å². The first-order valence-corrected chi connectivity index (χ1v) is 8.42. The Kier molecular flexibility index (Phi) is 5.42. The number of rotatable bonds is 2. The van der Waals surface area contributed by atoms with Crippen LogP contribution in [0.3, 0.4) is 0 Å². The predicted molar refractivity (Wildman–Crippen MR) is 89.6 cm³/mol. The zero-order valence-corrected chi connectivity index (χ0v) is 15.0. The van der Waals surface area contributed by atoms with Crippen LogP contribution in [-0.2, 0) is 4.79 Å². The molecular formula is C14H16BrIN2O2. The first kappa shape index (κ1) is 15.8. The topological polar surface area (TPSA) is 40.6 Å². The summed E-state index contributed by atoms with van der Waals surface area (Å²) >= 11 is 5.58. The van der Waals surface area contributed by atoms with Crippen LogP contribution in [0.1, 0.15) is 23.7 Å². The summed E-state index contributed by atoms with van der Waals surface area (Å²) in [7, 11) is 0. The molecule has 6 heteroatoms. The fraction of sp³-hybridized carbons (Fsp3) is 0.429. The Labute approximate surface area is 140 Å². The molecule has 0 aliphatic carbocycles. The standard InChI is InChI=1S/C14H16BrIN2O2/c1-2-13(19)17-5-7-18(8-6-17)14(20)11-9-10(15)3-4-12(11)16/h3-4,9H,2,5-8H2,1H3. The fourth-order valence-electron chi connectivity index (χ4n) is 2.21. The van der Waals surface area contributed by atoms with Gasteiger partial charge in [-0.05, 0) is 40.8 Å². The highest BCUT2D eigenvalue weighted by Gasteiger charge is 2.25. The van der Waals surface area contributed by atoms with Crippen molar-refractivity contribution in [2.45, 2.75) is 13.3 Å². The molecule has 20 heavy (non-hydrogen) atoms. The van der Waals surface area contributed by atoms with Crippen molar-refractivity contribution in [2.75, 3.05) is 26.2 Å². The van der Waals surface area contributed by atoms with Crippen LogP contribution in [-0.4, -0.2) is 47.8 Å². The molecular weight excluding hydrogens is 435 g/mol. The highest BCUT2D eigenvalue weighted by molar-refractivity contribution is 14.1. The summed E-state index contributed by atoms with van der Waals surface area (Å²) in [6.45, 7) is 4.33. The van der Waals surface area contributed by atoms with Gasteiger partial charge in [0.25, 0.3) is 5.91 Å². The first-order chi connectivity index (χ1) is 9.52. The Bertz CT molecular complexity index is 528. The minimum Gasteiger partial charge on any atom is -0.339 e. The van der Waals surface area contributed by atoms with E-state index in [1.54, 1.807) is 0 Å². The maximum Gasteiger partial charge on any atom is 0.255 e. The molecule has 2 rings (SSSR count). The van der Waals surface area contributed by atoms with Crippen LogP contribution >= 0.6 is 38.5 Å². The number of amides is 2. The Hall–Kier alpha value is -0.630. The third-order valence-electron chi connectivity index (χ3n) is 3.38. The molecule has 0 unspecified atom stereocenters. The molecule has 1 saturated heterocycles. The van der Waals surface area contributed by atoms with Crippen LogP contribution in [0, 0.1) is 3.57 Å². The van der Waals surface area contributed by atoms with E-state index in [-0.39, 0.29) is 11.8 Å². The van der Waals surface area contributed by atoms with Gasteiger partial charge < -0.3 is 9.80 Å². The lowest BCUT2D eigenvalue weighted by Gasteiger charge is -2.34. The normalized spacial score (nSPS) is 15.3. The van der Waals surface area contributed by atoms with E-state index in [4.69, 9.17) is 0 Å². The van der Waals surface area contributed by atoms with Gasteiger partial charge in [0, 0.05) is 40.6 Å². The van der Waals surface area contributed by atoms with E-state index in [1.165, 1.54) is 0 Å². The van der Waals surface area contributed by atoms with E-state index in [1.807, 2.05) is 34.9 Å². The number of carbonyl (C=O) groups excluding carboxylic acids is 2. The Balaban J connectivity index is 2.05. The van der Waals surface area contributed by atoms with Crippen LogP contribution in [0.5, 0.6) is 0 Å². The summed E-state index contributed by atoms with van der Waals surface area (Å²) in [5, 5.41) is 0. The molecule has 108 valence electrons. The van der Waals surface area contributed by atoms with Crippen molar-refractivity contribution in [3.8, 4) is 0 Å². The highest BCUT2D eigenvalue weighted by Crippen LogP contribution is 2.20. The van der Waals surface area contributed by atoms with Crippen molar-refractivity contribution in [2.24, 2.45) is 0 Å². The summed E-state index contributed by atoms with van der Waals surface area (Å²) in [4.78, 5) is 27.8. The number of nitrogens with zero attached hydrogens (tertiary/aromatic N) is 2. The number of halogens is 2. The average Bonchev–Trinajstić information content (AvgIpc) is 2.48. The molecule has 1 heterocycles. The van der Waals surface area contributed by atoms with Crippen molar-refractivity contribution >= 4 is 50.3 Å². The minimum atomic E-state index is 0.0410. The average molecular weight is 451 g/mol. The van der Waals surface area contributed by atoms with E-state index in [2.05, 4.69) is 38.5 Å². The van der Waals surface area contributed by atoms with Gasteiger partial charge in [0.2, 0.25) is 5.91 Å². The van der Waals surface area contributed by atoms with Gasteiger partial charge in [-0.15, -0.1) is 0 Å². The quantitative estimate of drug-likeness (QED) is 0.650. The fourth-order valence-corrected chi connectivity index (χ4v) is 3.14. The Morgan fingerprint density at radius 3 is 2.40 bits per heavy atom. The third kappa shape index (κ3) is 3.52. The summed E-state index contributed by atoms with van der Waals surface area (Å²) < 4.78 is 1.85. The Morgan fingerprint density at radius 2 is 1.80 bits per heavy atom. The van der Waals surface area contributed by atoms with Crippen LogP contribution in [0.2, 0.25) is 0 Å². The lowest BCUT2D eigenvalue weighted by molar-refractivity contribution is -0.132. The van der Waals surface area contributed by atoms with Gasteiger partial charge >= 0.3 is 0 Å². The molecule has 0 spiro atoms. The molecule has 0 N–H and O–H groups in total. The van der Waals surface area contributed by atoms with Crippen molar-refractivity contribution in [1.82, 2.24) is 9.80 Å². The molecule has 0 bridgehead atoms. The molecule has 0 saturated carbocycles. The van der Waals surface area contributed by atoms with Crippen molar-refractivity contribution < 1.29 is 9.59 Å². The van der Waals surface area contributed by atoms with Crippen molar-refractivity contribution in [3.63, 3.8) is 0 Å². The first-order valence-electron chi connectivity index (χ1n) is 6.55. The lowest BCUT2D eigenvalue weighted by atomic mass is 10.2. The summed E-state index contributed by atoms with van der Waals surface area (Å²) in [5.74, 6) is 0.202. The molecule has 2 amide bonds. The molecule has 1 aliphatic heterocycles. The molecule has 1 fully saturated rings. The summed E-state index contributed by atoms with van der Waals surface area (Å²) in [6, 6.07) is 5.71. The molecule has 0 atom stereocenters. The van der Waals surface area contributed by atoms with Crippen LogP contribution in [0.25, 0.3) is 0 Å². The van der Waals surface area contributed by atoms with Crippen LogP contribution in [0.15, 0.2) is 22.7 Å².